The molecule has 0 saturated carbocycles. The lowest BCUT2D eigenvalue weighted by atomic mass is 10.2. The number of aromatic nitrogens is 2. The number of carbonyl (C=O) groups excluding carboxylic acids is 1. The summed E-state index contributed by atoms with van der Waals surface area (Å²) in [6.45, 7) is 0. The molecule has 0 spiro atoms. The first-order valence-corrected chi connectivity index (χ1v) is 9.01. The Labute approximate surface area is 163 Å². The number of hydrogen-bond donors (Lipinski definition) is 1. The summed E-state index contributed by atoms with van der Waals surface area (Å²) < 4.78 is 5.52. The number of nitrogens with one attached hydrogen (secondary N) is 1. The molecule has 6 nitrogen and oxygen atoms in total. The summed E-state index contributed by atoms with van der Waals surface area (Å²) in [4.78, 5) is 12.0. The van der Waals surface area contributed by atoms with Crippen molar-refractivity contribution in [1.29, 1.82) is 5.26 Å². The zero-order valence-corrected chi connectivity index (χ0v) is 15.4. The Kier molecular flexibility index (Phi) is 5.78. The molecule has 0 radical (unpaired) electrons. The Bertz CT molecular complexity index is 1000. The van der Waals surface area contributed by atoms with E-state index in [1.165, 1.54) is 6.07 Å². The molecule has 0 saturated heterocycles. The van der Waals surface area contributed by atoms with Crippen LogP contribution in [0.5, 0.6) is 0 Å². The third-order valence-corrected chi connectivity index (χ3v) is 4.54. The van der Waals surface area contributed by atoms with E-state index in [2.05, 4.69) is 15.5 Å². The molecule has 1 heterocycles. The monoisotopic (exact) mass is 404 g/mol. The van der Waals surface area contributed by atoms with Crippen LogP contribution in [0.15, 0.2) is 52.1 Å². The molecule has 3 aromatic rings. The van der Waals surface area contributed by atoms with Crippen molar-refractivity contribution < 1.29 is 9.21 Å². The predicted octanol–water partition coefficient (Wildman–Crippen LogP) is 4.65. The van der Waals surface area contributed by atoms with Crippen molar-refractivity contribution >= 4 is 46.6 Å². The van der Waals surface area contributed by atoms with E-state index < -0.39 is 0 Å². The Hall–Kier alpha value is -2.53. The quantitative estimate of drug-likeness (QED) is 0.622. The molecule has 0 atom stereocenters. The van der Waals surface area contributed by atoms with Gasteiger partial charge >= 0.3 is 0 Å². The van der Waals surface area contributed by atoms with Gasteiger partial charge in [-0.2, -0.15) is 5.26 Å². The predicted molar refractivity (Wildman–Crippen MR) is 100 cm³/mol. The van der Waals surface area contributed by atoms with Gasteiger partial charge in [-0.25, -0.2) is 0 Å². The van der Waals surface area contributed by atoms with E-state index in [1.54, 1.807) is 36.4 Å². The van der Waals surface area contributed by atoms with Gasteiger partial charge in [-0.05, 0) is 36.4 Å². The van der Waals surface area contributed by atoms with Crippen molar-refractivity contribution in [1.82, 2.24) is 10.2 Å². The molecular weight excluding hydrogens is 395 g/mol. The standard InChI is InChI=1S/C17H10Cl2N4O2S/c18-12-3-1-2-10(6-12)16-22-23-17(25-16)26-9-15(24)21-13-5-4-11(8-20)14(19)7-13/h1-7H,9H2,(H,21,24). The Morgan fingerprint density at radius 3 is 2.81 bits per heavy atom. The number of nitriles is 1. The van der Waals surface area contributed by atoms with Crippen molar-refractivity contribution in [2.45, 2.75) is 5.22 Å². The number of rotatable bonds is 5. The zero-order valence-electron chi connectivity index (χ0n) is 13.1. The number of hydrogen-bond acceptors (Lipinski definition) is 6. The molecule has 0 bridgehead atoms. The molecule has 9 heteroatoms. The van der Waals surface area contributed by atoms with E-state index in [1.807, 2.05) is 6.07 Å². The first-order valence-electron chi connectivity index (χ1n) is 7.27. The molecule has 2 aromatic carbocycles. The number of carbonyl (C=O) groups is 1. The van der Waals surface area contributed by atoms with Crippen molar-refractivity contribution in [3.8, 4) is 17.5 Å². The number of nitrogens with zero attached hydrogens (tertiary/aromatic N) is 3. The zero-order chi connectivity index (χ0) is 18.5. The van der Waals surface area contributed by atoms with Crippen LogP contribution in [0.25, 0.3) is 11.5 Å². The van der Waals surface area contributed by atoms with E-state index in [0.717, 1.165) is 11.8 Å². The number of anilines is 1. The summed E-state index contributed by atoms with van der Waals surface area (Å²) in [5, 5.41) is 20.5. The van der Waals surface area contributed by atoms with Crippen LogP contribution >= 0.6 is 35.0 Å². The van der Waals surface area contributed by atoms with Crippen LogP contribution in [0.4, 0.5) is 5.69 Å². The lowest BCUT2D eigenvalue weighted by Crippen LogP contribution is -2.14. The van der Waals surface area contributed by atoms with Crippen LogP contribution in [0.1, 0.15) is 5.56 Å². The second-order valence-corrected chi connectivity index (χ2v) is 6.80. The van der Waals surface area contributed by atoms with Gasteiger partial charge in [0.1, 0.15) is 6.07 Å². The third kappa shape index (κ3) is 4.55. The Balaban J connectivity index is 1.58. The van der Waals surface area contributed by atoms with Gasteiger partial charge < -0.3 is 9.73 Å². The van der Waals surface area contributed by atoms with Gasteiger partial charge in [-0.15, -0.1) is 10.2 Å². The molecule has 26 heavy (non-hydrogen) atoms. The van der Waals surface area contributed by atoms with E-state index in [4.69, 9.17) is 32.9 Å². The third-order valence-electron chi connectivity index (χ3n) is 3.18. The maximum atomic E-state index is 12.0. The average molecular weight is 405 g/mol. The summed E-state index contributed by atoms with van der Waals surface area (Å²) in [6, 6.07) is 13.7. The summed E-state index contributed by atoms with van der Waals surface area (Å²) in [6.07, 6.45) is 0. The molecule has 1 N–H and O–H groups in total. The smallest absolute Gasteiger partial charge is 0.277 e. The molecule has 130 valence electrons. The topological polar surface area (TPSA) is 91.8 Å². The summed E-state index contributed by atoms with van der Waals surface area (Å²) in [5.41, 5.74) is 1.55. The lowest BCUT2D eigenvalue weighted by Gasteiger charge is -2.05. The van der Waals surface area contributed by atoms with E-state index in [-0.39, 0.29) is 21.9 Å². The minimum atomic E-state index is -0.265. The van der Waals surface area contributed by atoms with E-state index >= 15 is 0 Å². The maximum absolute atomic E-state index is 12.0. The number of benzene rings is 2. The fourth-order valence-corrected chi connectivity index (χ4v) is 2.99. The average Bonchev–Trinajstić information content (AvgIpc) is 3.09. The van der Waals surface area contributed by atoms with Gasteiger partial charge in [0.25, 0.3) is 5.22 Å². The lowest BCUT2D eigenvalue weighted by molar-refractivity contribution is -0.113. The van der Waals surface area contributed by atoms with Gasteiger partial charge in [0.2, 0.25) is 11.8 Å². The highest BCUT2D eigenvalue weighted by atomic mass is 35.5. The fourth-order valence-electron chi connectivity index (χ4n) is 2.01. The molecule has 0 unspecified atom stereocenters. The highest BCUT2D eigenvalue weighted by Crippen LogP contribution is 2.25. The van der Waals surface area contributed by atoms with Crippen LogP contribution in [0.3, 0.4) is 0 Å². The van der Waals surface area contributed by atoms with Crippen molar-refractivity contribution in [2.24, 2.45) is 0 Å². The van der Waals surface area contributed by atoms with Gasteiger partial charge in [0, 0.05) is 16.3 Å². The van der Waals surface area contributed by atoms with Gasteiger partial charge in [0.05, 0.1) is 16.3 Å². The van der Waals surface area contributed by atoms with Crippen molar-refractivity contribution in [3.63, 3.8) is 0 Å². The molecular formula is C17H10Cl2N4O2S. The second kappa shape index (κ2) is 8.23. The summed E-state index contributed by atoms with van der Waals surface area (Å²) in [7, 11) is 0. The number of halogens is 2. The summed E-state index contributed by atoms with van der Waals surface area (Å²) in [5.74, 6) is 0.141. The fraction of sp³-hybridized carbons (Fsp3) is 0.0588. The second-order valence-electron chi connectivity index (χ2n) is 5.03. The van der Waals surface area contributed by atoms with E-state index in [0.29, 0.717) is 27.7 Å². The SMILES string of the molecule is N#Cc1ccc(NC(=O)CSc2nnc(-c3cccc(Cl)c3)o2)cc1Cl. The van der Waals surface area contributed by atoms with Crippen LogP contribution in [-0.4, -0.2) is 21.9 Å². The molecule has 1 amide bonds. The Morgan fingerprint density at radius 1 is 1.23 bits per heavy atom. The normalized spacial score (nSPS) is 10.3. The minimum Gasteiger partial charge on any atom is -0.411 e. The Morgan fingerprint density at radius 2 is 2.08 bits per heavy atom. The number of thioether (sulfide) groups is 1. The van der Waals surface area contributed by atoms with E-state index in [9.17, 15) is 4.79 Å². The first-order chi connectivity index (χ1) is 12.5. The maximum Gasteiger partial charge on any atom is 0.277 e. The molecule has 3 rings (SSSR count). The largest absolute Gasteiger partial charge is 0.411 e. The van der Waals surface area contributed by atoms with Gasteiger partial charge in [-0.3, -0.25) is 4.79 Å². The number of amides is 1. The molecule has 0 fully saturated rings. The molecule has 0 aliphatic carbocycles. The molecule has 1 aromatic heterocycles. The van der Waals surface area contributed by atoms with Crippen LogP contribution in [0, 0.1) is 11.3 Å². The first kappa shape index (κ1) is 18.3. The van der Waals surface area contributed by atoms with Crippen LogP contribution in [-0.2, 0) is 4.79 Å². The van der Waals surface area contributed by atoms with Crippen molar-refractivity contribution in [3.05, 3.63) is 58.1 Å². The van der Waals surface area contributed by atoms with Crippen LogP contribution < -0.4 is 5.32 Å². The molecule has 0 aliphatic rings. The highest BCUT2D eigenvalue weighted by molar-refractivity contribution is 7.99. The summed E-state index contributed by atoms with van der Waals surface area (Å²) >= 11 is 13.0. The van der Waals surface area contributed by atoms with Crippen LogP contribution in [0.2, 0.25) is 10.0 Å². The minimum absolute atomic E-state index is 0.0782. The molecule has 0 aliphatic heterocycles. The van der Waals surface area contributed by atoms with Gasteiger partial charge in [-0.1, -0.05) is 41.0 Å². The highest BCUT2D eigenvalue weighted by Gasteiger charge is 2.12. The van der Waals surface area contributed by atoms with Crippen molar-refractivity contribution in [2.75, 3.05) is 11.1 Å². The van der Waals surface area contributed by atoms with Gasteiger partial charge in [0.15, 0.2) is 0 Å².